The van der Waals surface area contributed by atoms with E-state index in [1.807, 2.05) is 6.20 Å². The van der Waals surface area contributed by atoms with Crippen LogP contribution in [0, 0.1) is 11.3 Å². The van der Waals surface area contributed by atoms with Gasteiger partial charge >= 0.3 is 0 Å². The third-order valence-corrected chi connectivity index (χ3v) is 3.69. The summed E-state index contributed by atoms with van der Waals surface area (Å²) in [5.41, 5.74) is 0. The SMILES string of the molecule is N#CCc1cnc(C2CCCC2)s1. The van der Waals surface area contributed by atoms with Crippen molar-refractivity contribution < 1.29 is 0 Å². The average Bonchev–Trinajstić information content (AvgIpc) is 2.70. The molecule has 68 valence electrons. The second-order valence-corrected chi connectivity index (χ2v) is 4.63. The molecule has 0 spiro atoms. The van der Waals surface area contributed by atoms with Gasteiger partial charge in [-0.25, -0.2) is 4.98 Å². The van der Waals surface area contributed by atoms with Crippen LogP contribution in [0.2, 0.25) is 0 Å². The fourth-order valence-electron chi connectivity index (χ4n) is 1.84. The van der Waals surface area contributed by atoms with Crippen molar-refractivity contribution in [2.75, 3.05) is 0 Å². The molecule has 0 aromatic carbocycles. The Bertz CT molecular complexity index is 318. The molecule has 1 heterocycles. The lowest BCUT2D eigenvalue weighted by atomic mass is 10.1. The zero-order valence-corrected chi connectivity index (χ0v) is 8.31. The summed E-state index contributed by atoms with van der Waals surface area (Å²) in [5, 5.41) is 9.78. The Balaban J connectivity index is 2.08. The zero-order chi connectivity index (χ0) is 9.10. The van der Waals surface area contributed by atoms with E-state index >= 15 is 0 Å². The number of nitrogens with zero attached hydrogens (tertiary/aromatic N) is 2. The molecule has 1 saturated carbocycles. The number of hydrogen-bond donors (Lipinski definition) is 0. The van der Waals surface area contributed by atoms with Gasteiger partial charge in [-0.1, -0.05) is 12.8 Å². The number of thiazole rings is 1. The van der Waals surface area contributed by atoms with Gasteiger partial charge < -0.3 is 0 Å². The summed E-state index contributed by atoms with van der Waals surface area (Å²) in [4.78, 5) is 5.50. The normalized spacial score (nSPS) is 17.5. The van der Waals surface area contributed by atoms with Crippen LogP contribution >= 0.6 is 11.3 Å². The van der Waals surface area contributed by atoms with Gasteiger partial charge in [0.15, 0.2) is 0 Å². The number of rotatable bonds is 2. The molecule has 0 aliphatic heterocycles. The predicted octanol–water partition coefficient (Wildman–Crippen LogP) is 2.87. The molecule has 0 bridgehead atoms. The van der Waals surface area contributed by atoms with E-state index < -0.39 is 0 Å². The van der Waals surface area contributed by atoms with Gasteiger partial charge in [-0.3, -0.25) is 0 Å². The van der Waals surface area contributed by atoms with Gasteiger partial charge in [-0.05, 0) is 12.8 Å². The molecule has 0 radical (unpaired) electrons. The standard InChI is InChI=1S/C10H12N2S/c11-6-5-9-7-12-10(13-9)8-3-1-2-4-8/h7-8H,1-5H2. The van der Waals surface area contributed by atoms with Crippen molar-refractivity contribution in [2.45, 2.75) is 38.0 Å². The van der Waals surface area contributed by atoms with Crippen molar-refractivity contribution >= 4 is 11.3 Å². The highest BCUT2D eigenvalue weighted by atomic mass is 32.1. The molecular weight excluding hydrogens is 180 g/mol. The smallest absolute Gasteiger partial charge is 0.0958 e. The van der Waals surface area contributed by atoms with E-state index in [-0.39, 0.29) is 0 Å². The second kappa shape index (κ2) is 3.89. The lowest BCUT2D eigenvalue weighted by Gasteiger charge is -2.01. The monoisotopic (exact) mass is 192 g/mol. The number of nitriles is 1. The van der Waals surface area contributed by atoms with Crippen LogP contribution in [0.4, 0.5) is 0 Å². The van der Waals surface area contributed by atoms with Crippen LogP contribution < -0.4 is 0 Å². The molecule has 2 nitrogen and oxygen atoms in total. The van der Waals surface area contributed by atoms with E-state index in [9.17, 15) is 0 Å². The van der Waals surface area contributed by atoms with Crippen molar-refractivity contribution in [1.82, 2.24) is 4.98 Å². The Kier molecular flexibility index (Phi) is 2.60. The minimum Gasteiger partial charge on any atom is -0.249 e. The lowest BCUT2D eigenvalue weighted by molar-refractivity contribution is 0.716. The van der Waals surface area contributed by atoms with E-state index in [1.54, 1.807) is 11.3 Å². The Hall–Kier alpha value is -0.880. The van der Waals surface area contributed by atoms with E-state index in [1.165, 1.54) is 30.7 Å². The highest BCUT2D eigenvalue weighted by Crippen LogP contribution is 2.35. The van der Waals surface area contributed by atoms with Crippen LogP contribution in [-0.4, -0.2) is 4.98 Å². The van der Waals surface area contributed by atoms with E-state index in [4.69, 9.17) is 5.26 Å². The van der Waals surface area contributed by atoms with Gasteiger partial charge in [-0.15, -0.1) is 11.3 Å². The summed E-state index contributed by atoms with van der Waals surface area (Å²) in [6, 6.07) is 2.16. The van der Waals surface area contributed by atoms with Crippen molar-refractivity contribution in [3.05, 3.63) is 16.1 Å². The molecular formula is C10H12N2S. The summed E-state index contributed by atoms with van der Waals surface area (Å²) in [5.74, 6) is 0.692. The van der Waals surface area contributed by atoms with E-state index in [0.717, 1.165) is 4.88 Å². The lowest BCUT2D eigenvalue weighted by Crippen LogP contribution is -1.88. The van der Waals surface area contributed by atoms with Gasteiger partial charge in [0.25, 0.3) is 0 Å². The number of hydrogen-bond acceptors (Lipinski definition) is 3. The molecule has 1 aliphatic rings. The van der Waals surface area contributed by atoms with E-state index in [2.05, 4.69) is 11.1 Å². The Morgan fingerprint density at radius 1 is 1.54 bits per heavy atom. The van der Waals surface area contributed by atoms with Gasteiger partial charge in [0.1, 0.15) is 0 Å². The van der Waals surface area contributed by atoms with Gasteiger partial charge in [0.2, 0.25) is 0 Å². The van der Waals surface area contributed by atoms with Gasteiger partial charge in [0.05, 0.1) is 17.5 Å². The molecule has 0 N–H and O–H groups in total. The Morgan fingerprint density at radius 2 is 2.31 bits per heavy atom. The third-order valence-electron chi connectivity index (χ3n) is 2.53. The van der Waals surface area contributed by atoms with Crippen LogP contribution in [0.5, 0.6) is 0 Å². The highest BCUT2D eigenvalue weighted by molar-refractivity contribution is 7.11. The summed E-state index contributed by atoms with van der Waals surface area (Å²) in [7, 11) is 0. The minimum absolute atomic E-state index is 0.518. The maximum atomic E-state index is 8.52. The quantitative estimate of drug-likeness (QED) is 0.722. The van der Waals surface area contributed by atoms with Crippen LogP contribution in [0.25, 0.3) is 0 Å². The largest absolute Gasteiger partial charge is 0.249 e. The first-order chi connectivity index (χ1) is 6.40. The summed E-state index contributed by atoms with van der Waals surface area (Å²) >= 11 is 1.72. The maximum Gasteiger partial charge on any atom is 0.0958 e. The predicted molar refractivity (Wildman–Crippen MR) is 52.6 cm³/mol. The van der Waals surface area contributed by atoms with Crippen molar-refractivity contribution in [1.29, 1.82) is 5.26 Å². The van der Waals surface area contributed by atoms with Crippen molar-refractivity contribution in [3.8, 4) is 6.07 Å². The van der Waals surface area contributed by atoms with Crippen LogP contribution in [-0.2, 0) is 6.42 Å². The van der Waals surface area contributed by atoms with Crippen LogP contribution in [0.15, 0.2) is 6.20 Å². The molecule has 1 aliphatic carbocycles. The fraction of sp³-hybridized carbons (Fsp3) is 0.600. The molecule has 13 heavy (non-hydrogen) atoms. The van der Waals surface area contributed by atoms with Crippen LogP contribution in [0.1, 0.15) is 41.5 Å². The molecule has 0 saturated heterocycles. The molecule has 3 heteroatoms. The van der Waals surface area contributed by atoms with Gasteiger partial charge in [0, 0.05) is 17.0 Å². The summed E-state index contributed by atoms with van der Waals surface area (Å²) in [6.07, 6.45) is 7.65. The minimum atomic E-state index is 0.518. The first kappa shape index (κ1) is 8.71. The fourth-order valence-corrected chi connectivity index (χ4v) is 2.86. The molecule has 1 aromatic heterocycles. The van der Waals surface area contributed by atoms with Crippen molar-refractivity contribution in [2.24, 2.45) is 0 Å². The van der Waals surface area contributed by atoms with Gasteiger partial charge in [-0.2, -0.15) is 5.26 Å². The highest BCUT2D eigenvalue weighted by Gasteiger charge is 2.19. The molecule has 0 amide bonds. The molecule has 0 atom stereocenters. The van der Waals surface area contributed by atoms with Crippen molar-refractivity contribution in [3.63, 3.8) is 0 Å². The Labute approximate surface area is 82.2 Å². The molecule has 2 rings (SSSR count). The number of aromatic nitrogens is 1. The van der Waals surface area contributed by atoms with E-state index in [0.29, 0.717) is 12.3 Å². The molecule has 0 unspecified atom stereocenters. The average molecular weight is 192 g/mol. The zero-order valence-electron chi connectivity index (χ0n) is 7.49. The second-order valence-electron chi connectivity index (χ2n) is 3.48. The van der Waals surface area contributed by atoms with Crippen LogP contribution in [0.3, 0.4) is 0 Å². The summed E-state index contributed by atoms with van der Waals surface area (Å²) in [6.45, 7) is 0. The first-order valence-corrected chi connectivity index (χ1v) is 5.53. The maximum absolute atomic E-state index is 8.52. The third kappa shape index (κ3) is 1.89. The molecule has 1 aromatic rings. The molecule has 1 fully saturated rings. The summed E-state index contributed by atoms with van der Waals surface area (Å²) < 4.78 is 0. The topological polar surface area (TPSA) is 36.7 Å². The first-order valence-electron chi connectivity index (χ1n) is 4.71. The Morgan fingerprint density at radius 3 is 3.00 bits per heavy atom.